The van der Waals surface area contributed by atoms with Gasteiger partial charge < -0.3 is 10.2 Å². The van der Waals surface area contributed by atoms with Crippen LogP contribution in [0.1, 0.15) is 5.89 Å². The molecule has 0 aromatic carbocycles. The average molecular weight is 255 g/mol. The summed E-state index contributed by atoms with van der Waals surface area (Å²) in [5.74, 6) is 1.25. The molecule has 0 saturated carbocycles. The van der Waals surface area contributed by atoms with E-state index in [9.17, 15) is 0 Å². The third-order valence-corrected chi connectivity index (χ3v) is 2.08. The van der Waals surface area contributed by atoms with E-state index in [1.54, 1.807) is 19.2 Å². The largest absolute Gasteiger partial charge is 0.421 e. The van der Waals surface area contributed by atoms with Crippen molar-refractivity contribution in [1.29, 1.82) is 0 Å². The van der Waals surface area contributed by atoms with E-state index in [2.05, 4.69) is 31.1 Å². The number of nitrogens with two attached hydrogens (primary N) is 1. The van der Waals surface area contributed by atoms with E-state index in [1.165, 1.54) is 0 Å². The van der Waals surface area contributed by atoms with Crippen molar-refractivity contribution < 1.29 is 4.42 Å². The number of pyridine rings is 1. The van der Waals surface area contributed by atoms with E-state index in [-0.39, 0.29) is 0 Å². The Bertz CT molecular complexity index is 468. The van der Waals surface area contributed by atoms with E-state index in [0.717, 1.165) is 4.47 Å². The highest BCUT2D eigenvalue weighted by Gasteiger charge is 2.10. The van der Waals surface area contributed by atoms with Gasteiger partial charge in [-0.1, -0.05) is 0 Å². The maximum atomic E-state index is 5.67. The Morgan fingerprint density at radius 3 is 2.86 bits per heavy atom. The predicted octanol–water partition coefficient (Wildman–Crippen LogP) is 1.78. The molecule has 2 N–H and O–H groups in total. The molecule has 0 atom stereocenters. The van der Waals surface area contributed by atoms with Crippen molar-refractivity contribution in [2.45, 2.75) is 6.92 Å². The van der Waals surface area contributed by atoms with Crippen molar-refractivity contribution in [3.63, 3.8) is 0 Å². The van der Waals surface area contributed by atoms with Crippen LogP contribution in [-0.4, -0.2) is 15.2 Å². The first-order chi connectivity index (χ1) is 6.66. The highest BCUT2D eigenvalue weighted by Crippen LogP contribution is 2.25. The monoisotopic (exact) mass is 254 g/mol. The zero-order chi connectivity index (χ0) is 10.1. The molecule has 0 unspecified atom stereocenters. The second kappa shape index (κ2) is 3.38. The quantitative estimate of drug-likeness (QED) is 0.840. The Morgan fingerprint density at radius 1 is 1.43 bits per heavy atom. The van der Waals surface area contributed by atoms with Gasteiger partial charge >= 0.3 is 0 Å². The van der Waals surface area contributed by atoms with Gasteiger partial charge in [-0.15, -0.1) is 10.2 Å². The Balaban J connectivity index is 2.55. The smallest absolute Gasteiger partial charge is 0.251 e. The third kappa shape index (κ3) is 1.60. The van der Waals surface area contributed by atoms with Crippen LogP contribution >= 0.6 is 15.9 Å². The van der Waals surface area contributed by atoms with E-state index in [4.69, 9.17) is 10.2 Å². The molecular formula is C8H7BrN4O. The van der Waals surface area contributed by atoms with Gasteiger partial charge in [0.15, 0.2) is 0 Å². The third-order valence-electron chi connectivity index (χ3n) is 1.64. The van der Waals surface area contributed by atoms with Gasteiger partial charge in [0.2, 0.25) is 5.89 Å². The summed E-state index contributed by atoms with van der Waals surface area (Å²) in [6.07, 6.45) is 1.61. The second-order valence-electron chi connectivity index (χ2n) is 2.71. The molecule has 2 aromatic rings. The number of nitrogen functional groups attached to an aromatic ring is 1. The lowest BCUT2D eigenvalue weighted by Crippen LogP contribution is -1.93. The van der Waals surface area contributed by atoms with Crippen molar-refractivity contribution in [2.24, 2.45) is 0 Å². The van der Waals surface area contributed by atoms with Gasteiger partial charge in [0.05, 0.1) is 5.56 Å². The molecule has 6 heteroatoms. The van der Waals surface area contributed by atoms with Crippen LogP contribution in [0.25, 0.3) is 11.5 Å². The topological polar surface area (TPSA) is 77.8 Å². The van der Waals surface area contributed by atoms with E-state index in [1.807, 2.05) is 0 Å². The van der Waals surface area contributed by atoms with Gasteiger partial charge in [-0.2, -0.15) is 0 Å². The van der Waals surface area contributed by atoms with Crippen molar-refractivity contribution in [3.8, 4) is 11.5 Å². The number of halogens is 1. The molecule has 0 amide bonds. The molecule has 0 aliphatic heterocycles. The van der Waals surface area contributed by atoms with Crippen molar-refractivity contribution in [1.82, 2.24) is 15.2 Å². The first-order valence-corrected chi connectivity index (χ1v) is 4.67. The van der Waals surface area contributed by atoms with E-state index in [0.29, 0.717) is 23.2 Å². The minimum atomic E-state index is 0.372. The number of hydrogen-bond donors (Lipinski definition) is 1. The molecule has 0 aliphatic rings. The maximum absolute atomic E-state index is 5.67. The molecule has 0 bridgehead atoms. The molecule has 2 heterocycles. The summed E-state index contributed by atoms with van der Waals surface area (Å²) in [5, 5.41) is 7.58. The molecule has 14 heavy (non-hydrogen) atoms. The Hall–Kier alpha value is -1.43. The molecule has 0 fully saturated rings. The first kappa shape index (κ1) is 9.14. The number of aryl methyl sites for hydroxylation is 1. The lowest BCUT2D eigenvalue weighted by molar-refractivity contribution is 0.533. The molecule has 2 rings (SSSR count). The minimum absolute atomic E-state index is 0.372. The summed E-state index contributed by atoms with van der Waals surface area (Å²) in [5.41, 5.74) is 6.31. The fourth-order valence-corrected chi connectivity index (χ4v) is 1.36. The van der Waals surface area contributed by atoms with E-state index >= 15 is 0 Å². The van der Waals surface area contributed by atoms with Crippen LogP contribution in [0.5, 0.6) is 0 Å². The summed E-state index contributed by atoms with van der Waals surface area (Å²) in [6.45, 7) is 1.72. The normalized spacial score (nSPS) is 10.4. The summed E-state index contributed by atoms with van der Waals surface area (Å²) >= 11 is 3.29. The fraction of sp³-hybridized carbons (Fsp3) is 0.125. The SMILES string of the molecule is Cc1nnc(-c2cc(Br)cnc2N)o1. The predicted molar refractivity (Wildman–Crippen MR) is 54.4 cm³/mol. The molecule has 0 saturated heterocycles. The lowest BCUT2D eigenvalue weighted by atomic mass is 10.2. The molecule has 72 valence electrons. The van der Waals surface area contributed by atoms with Crippen LogP contribution in [0, 0.1) is 6.92 Å². The summed E-state index contributed by atoms with van der Waals surface area (Å²) < 4.78 is 6.06. The minimum Gasteiger partial charge on any atom is -0.421 e. The van der Waals surface area contributed by atoms with Gasteiger partial charge in [-0.3, -0.25) is 0 Å². The number of anilines is 1. The van der Waals surface area contributed by atoms with Crippen LogP contribution in [-0.2, 0) is 0 Å². The van der Waals surface area contributed by atoms with Gasteiger partial charge in [-0.25, -0.2) is 4.98 Å². The molecule has 5 nitrogen and oxygen atoms in total. The molecule has 0 aliphatic carbocycles. The molecule has 0 radical (unpaired) electrons. The number of nitrogens with zero attached hydrogens (tertiary/aromatic N) is 3. The lowest BCUT2D eigenvalue weighted by Gasteiger charge is -1.99. The van der Waals surface area contributed by atoms with Crippen molar-refractivity contribution >= 4 is 21.7 Å². The van der Waals surface area contributed by atoms with E-state index < -0.39 is 0 Å². The molecule has 2 aromatic heterocycles. The first-order valence-electron chi connectivity index (χ1n) is 3.88. The van der Waals surface area contributed by atoms with Crippen molar-refractivity contribution in [3.05, 3.63) is 22.6 Å². The standard InChI is InChI=1S/C8H7BrN4O/c1-4-12-13-8(14-4)6-2-5(9)3-11-7(6)10/h2-3H,1H3,(H2,10,11). The maximum Gasteiger partial charge on any atom is 0.251 e. The average Bonchev–Trinajstić information content (AvgIpc) is 2.56. The number of aromatic nitrogens is 3. The summed E-state index contributed by atoms with van der Waals surface area (Å²) in [6, 6.07) is 1.79. The Kier molecular flexibility index (Phi) is 2.20. The highest BCUT2D eigenvalue weighted by molar-refractivity contribution is 9.10. The Labute approximate surface area is 88.5 Å². The molecular weight excluding hydrogens is 248 g/mol. The van der Waals surface area contributed by atoms with Crippen molar-refractivity contribution in [2.75, 3.05) is 5.73 Å². The van der Waals surface area contributed by atoms with Gasteiger partial charge in [0.1, 0.15) is 5.82 Å². The van der Waals surface area contributed by atoms with Crippen LogP contribution in [0.15, 0.2) is 21.2 Å². The molecule has 0 spiro atoms. The van der Waals surface area contributed by atoms with Crippen LogP contribution in [0.4, 0.5) is 5.82 Å². The highest BCUT2D eigenvalue weighted by atomic mass is 79.9. The van der Waals surface area contributed by atoms with Gasteiger partial charge in [-0.05, 0) is 22.0 Å². The second-order valence-corrected chi connectivity index (χ2v) is 3.63. The summed E-state index contributed by atoms with van der Waals surface area (Å²) in [4.78, 5) is 3.97. The number of hydrogen-bond acceptors (Lipinski definition) is 5. The summed E-state index contributed by atoms with van der Waals surface area (Å²) in [7, 11) is 0. The zero-order valence-electron chi connectivity index (χ0n) is 7.36. The fourth-order valence-electron chi connectivity index (χ4n) is 1.03. The van der Waals surface area contributed by atoms with Crippen LogP contribution < -0.4 is 5.73 Å². The van der Waals surface area contributed by atoms with Crippen LogP contribution in [0.3, 0.4) is 0 Å². The zero-order valence-corrected chi connectivity index (χ0v) is 8.95. The van der Waals surface area contributed by atoms with Crippen LogP contribution in [0.2, 0.25) is 0 Å². The Morgan fingerprint density at radius 2 is 2.21 bits per heavy atom. The number of rotatable bonds is 1. The van der Waals surface area contributed by atoms with Gasteiger partial charge in [0, 0.05) is 17.6 Å². The van der Waals surface area contributed by atoms with Gasteiger partial charge in [0.25, 0.3) is 5.89 Å².